The van der Waals surface area contributed by atoms with Crippen molar-refractivity contribution >= 4 is 23.2 Å². The van der Waals surface area contributed by atoms with E-state index in [0.29, 0.717) is 25.1 Å². The molecule has 5 nitrogen and oxygen atoms in total. The largest absolute Gasteiger partial charge is 0.449 e. The van der Waals surface area contributed by atoms with Gasteiger partial charge in [0.25, 0.3) is 0 Å². The minimum absolute atomic E-state index is 0.0205. The van der Waals surface area contributed by atoms with Gasteiger partial charge >= 0.3 is 5.97 Å². The first-order valence-electron chi connectivity index (χ1n) is 9.84. The molecule has 146 valence electrons. The number of likely N-dealkylation sites (tertiary alicyclic amines) is 1. The summed E-state index contributed by atoms with van der Waals surface area (Å²) in [4.78, 5) is 32.5. The van der Waals surface area contributed by atoms with Gasteiger partial charge in [-0.05, 0) is 18.9 Å². The first kappa shape index (κ1) is 17.9. The van der Waals surface area contributed by atoms with Crippen LogP contribution in [0.15, 0.2) is 29.6 Å². The second-order valence-electron chi connectivity index (χ2n) is 9.28. The van der Waals surface area contributed by atoms with Gasteiger partial charge in [0.05, 0.1) is 17.8 Å². The number of aromatic nitrogens is 1. The lowest BCUT2D eigenvalue weighted by Gasteiger charge is -2.26. The second kappa shape index (κ2) is 5.66. The van der Waals surface area contributed by atoms with Crippen LogP contribution in [-0.2, 0) is 26.0 Å². The zero-order chi connectivity index (χ0) is 19.7. The highest BCUT2D eigenvalue weighted by atomic mass is 32.1. The van der Waals surface area contributed by atoms with Crippen LogP contribution in [0.5, 0.6) is 0 Å². The molecule has 0 radical (unpaired) electrons. The first-order chi connectivity index (χ1) is 13.3. The van der Waals surface area contributed by atoms with E-state index in [1.807, 2.05) is 29.2 Å². The molecular weight excluding hydrogens is 372 g/mol. The van der Waals surface area contributed by atoms with Crippen LogP contribution in [0.1, 0.15) is 66.7 Å². The first-order valence-corrected chi connectivity index (χ1v) is 10.7. The molecule has 1 saturated heterocycles. The van der Waals surface area contributed by atoms with E-state index in [-0.39, 0.29) is 17.3 Å². The predicted molar refractivity (Wildman–Crippen MR) is 106 cm³/mol. The van der Waals surface area contributed by atoms with Crippen molar-refractivity contribution in [3.05, 3.63) is 51.5 Å². The van der Waals surface area contributed by atoms with E-state index in [1.165, 1.54) is 0 Å². The van der Waals surface area contributed by atoms with Crippen molar-refractivity contribution in [3.63, 3.8) is 0 Å². The number of benzene rings is 1. The molecule has 2 aliphatic heterocycles. The van der Waals surface area contributed by atoms with Gasteiger partial charge in [-0.1, -0.05) is 39.0 Å². The van der Waals surface area contributed by atoms with Gasteiger partial charge in [0.2, 0.25) is 5.91 Å². The third-order valence-electron chi connectivity index (χ3n) is 6.29. The van der Waals surface area contributed by atoms with Crippen molar-refractivity contribution in [2.75, 3.05) is 13.1 Å². The van der Waals surface area contributed by atoms with Crippen molar-refractivity contribution in [2.45, 2.75) is 56.5 Å². The smallest absolute Gasteiger partial charge is 0.339 e. The van der Waals surface area contributed by atoms with Crippen LogP contribution in [0.2, 0.25) is 0 Å². The van der Waals surface area contributed by atoms with E-state index >= 15 is 0 Å². The Hall–Kier alpha value is -2.21. The Balaban J connectivity index is 1.41. The lowest BCUT2D eigenvalue weighted by molar-refractivity contribution is -0.134. The molecule has 5 rings (SSSR count). The third-order valence-corrected chi connectivity index (χ3v) is 7.33. The molecule has 1 aromatic carbocycles. The van der Waals surface area contributed by atoms with Crippen molar-refractivity contribution in [3.8, 4) is 0 Å². The normalized spacial score (nSPS) is 25.1. The molecule has 1 saturated carbocycles. The Morgan fingerprint density at radius 1 is 1.21 bits per heavy atom. The van der Waals surface area contributed by atoms with E-state index in [2.05, 4.69) is 26.2 Å². The fourth-order valence-corrected chi connectivity index (χ4v) is 5.69. The monoisotopic (exact) mass is 396 g/mol. The van der Waals surface area contributed by atoms with Gasteiger partial charge in [-0.25, -0.2) is 9.78 Å². The molecular formula is C22H24N2O3S. The fourth-order valence-electron chi connectivity index (χ4n) is 4.39. The zero-order valence-corrected chi connectivity index (χ0v) is 17.3. The van der Waals surface area contributed by atoms with E-state index in [1.54, 1.807) is 11.3 Å². The van der Waals surface area contributed by atoms with Gasteiger partial charge in [0.15, 0.2) is 5.60 Å². The molecule has 3 heterocycles. The summed E-state index contributed by atoms with van der Waals surface area (Å²) in [5, 5.41) is 3.02. The molecule has 28 heavy (non-hydrogen) atoms. The number of thiazole rings is 1. The maximum absolute atomic E-state index is 13.5. The molecule has 1 amide bonds. The van der Waals surface area contributed by atoms with Crippen LogP contribution in [0.4, 0.5) is 0 Å². The van der Waals surface area contributed by atoms with Crippen LogP contribution in [0.3, 0.4) is 0 Å². The summed E-state index contributed by atoms with van der Waals surface area (Å²) in [5.41, 5.74) is 1.42. The van der Waals surface area contributed by atoms with Crippen molar-refractivity contribution in [2.24, 2.45) is 0 Å². The standard InChI is InChI=1S/C22H24N2O3S/c1-20(2,3)16-12-28-18(23-16)21(8-9-21)19(26)24-11-10-22(13-24)15-7-5-4-6-14(15)17(25)27-22/h4-7,12H,8-11,13H2,1-3H3. The Bertz CT molecular complexity index is 986. The van der Waals surface area contributed by atoms with E-state index in [4.69, 9.17) is 9.72 Å². The number of hydrogen-bond donors (Lipinski definition) is 0. The zero-order valence-electron chi connectivity index (χ0n) is 16.4. The van der Waals surface area contributed by atoms with Crippen molar-refractivity contribution in [1.82, 2.24) is 9.88 Å². The molecule has 2 aromatic rings. The minimum Gasteiger partial charge on any atom is -0.449 e. The van der Waals surface area contributed by atoms with Gasteiger partial charge in [-0.15, -0.1) is 11.3 Å². The Morgan fingerprint density at radius 3 is 2.64 bits per heavy atom. The summed E-state index contributed by atoms with van der Waals surface area (Å²) in [7, 11) is 0. The predicted octanol–water partition coefficient (Wildman–Crippen LogP) is 3.77. The van der Waals surface area contributed by atoms with E-state index in [9.17, 15) is 9.59 Å². The maximum atomic E-state index is 13.5. The molecule has 6 heteroatoms. The molecule has 1 atom stereocenters. The van der Waals surface area contributed by atoms with Gasteiger partial charge < -0.3 is 9.64 Å². The lowest BCUT2D eigenvalue weighted by Crippen LogP contribution is -2.40. The van der Waals surface area contributed by atoms with Gasteiger partial charge in [-0.3, -0.25) is 4.79 Å². The van der Waals surface area contributed by atoms with Gasteiger partial charge in [0.1, 0.15) is 10.4 Å². The Labute approximate surface area is 168 Å². The van der Waals surface area contributed by atoms with Crippen molar-refractivity contribution in [1.29, 1.82) is 0 Å². The Kier molecular flexibility index (Phi) is 3.61. The molecule has 1 spiro atoms. The number of amides is 1. The van der Waals surface area contributed by atoms with Gasteiger partial charge in [0, 0.05) is 29.3 Å². The van der Waals surface area contributed by atoms with E-state index in [0.717, 1.165) is 29.1 Å². The summed E-state index contributed by atoms with van der Waals surface area (Å²) >= 11 is 1.60. The average Bonchev–Trinajstić information content (AvgIpc) is 3.04. The van der Waals surface area contributed by atoms with Crippen LogP contribution in [0, 0.1) is 0 Å². The summed E-state index contributed by atoms with van der Waals surface area (Å²) in [5.74, 6) is -0.139. The number of carbonyl (C=O) groups is 2. The summed E-state index contributed by atoms with van der Waals surface area (Å²) in [6.45, 7) is 7.48. The molecule has 3 aliphatic rings. The molecule has 2 fully saturated rings. The number of ether oxygens (including phenoxy) is 1. The number of rotatable bonds is 2. The Morgan fingerprint density at radius 2 is 1.96 bits per heavy atom. The van der Waals surface area contributed by atoms with Gasteiger partial charge in [-0.2, -0.15) is 0 Å². The fraction of sp³-hybridized carbons (Fsp3) is 0.500. The highest BCUT2D eigenvalue weighted by Crippen LogP contribution is 2.53. The summed E-state index contributed by atoms with van der Waals surface area (Å²) in [6.07, 6.45) is 2.36. The summed E-state index contributed by atoms with van der Waals surface area (Å²) in [6, 6.07) is 7.55. The molecule has 1 aliphatic carbocycles. The average molecular weight is 397 g/mol. The molecule has 0 bridgehead atoms. The second-order valence-corrected chi connectivity index (χ2v) is 10.1. The highest BCUT2D eigenvalue weighted by Gasteiger charge is 2.59. The number of esters is 1. The summed E-state index contributed by atoms with van der Waals surface area (Å²) < 4.78 is 5.80. The van der Waals surface area contributed by atoms with Crippen LogP contribution in [0.25, 0.3) is 0 Å². The maximum Gasteiger partial charge on any atom is 0.339 e. The molecule has 1 unspecified atom stereocenters. The highest BCUT2D eigenvalue weighted by molar-refractivity contribution is 7.10. The van der Waals surface area contributed by atoms with E-state index < -0.39 is 11.0 Å². The number of hydrogen-bond acceptors (Lipinski definition) is 5. The van der Waals surface area contributed by atoms with Crippen LogP contribution >= 0.6 is 11.3 Å². The third kappa shape index (κ3) is 2.47. The number of fused-ring (bicyclic) bond motifs is 2. The minimum atomic E-state index is -0.682. The topological polar surface area (TPSA) is 59.5 Å². The lowest BCUT2D eigenvalue weighted by atomic mass is 9.91. The van der Waals surface area contributed by atoms with Crippen LogP contribution < -0.4 is 0 Å². The number of nitrogens with zero attached hydrogens (tertiary/aromatic N) is 2. The molecule has 0 N–H and O–H groups in total. The van der Waals surface area contributed by atoms with Crippen molar-refractivity contribution < 1.29 is 14.3 Å². The number of carbonyl (C=O) groups excluding carboxylic acids is 2. The van der Waals surface area contributed by atoms with Crippen LogP contribution in [-0.4, -0.2) is 34.8 Å². The SMILES string of the molecule is CC(C)(C)c1csc(C2(C(=O)N3CCC4(C3)OC(=O)c3ccccc34)CC2)n1. The molecule has 1 aromatic heterocycles. The quantitative estimate of drug-likeness (QED) is 0.725.